The van der Waals surface area contributed by atoms with Gasteiger partial charge in [-0.1, -0.05) is 20.8 Å². The largest absolute Gasteiger partial charge is 0.475 e. The third-order valence-electron chi connectivity index (χ3n) is 4.38. The molecule has 0 aliphatic carbocycles. The Labute approximate surface area is 148 Å². The summed E-state index contributed by atoms with van der Waals surface area (Å²) < 4.78 is 10.4. The zero-order valence-corrected chi connectivity index (χ0v) is 15.3. The molecule has 1 aliphatic heterocycles. The monoisotopic (exact) mass is 349 g/mol. The Morgan fingerprint density at radius 2 is 2.16 bits per heavy atom. The van der Waals surface area contributed by atoms with E-state index in [2.05, 4.69) is 15.6 Å². The lowest BCUT2D eigenvalue weighted by Crippen LogP contribution is -2.40. The molecule has 0 unspecified atom stereocenters. The van der Waals surface area contributed by atoms with E-state index in [1.54, 1.807) is 25.4 Å². The van der Waals surface area contributed by atoms with Crippen LogP contribution in [-0.4, -0.2) is 43.7 Å². The van der Waals surface area contributed by atoms with Gasteiger partial charge in [-0.05, 0) is 17.0 Å². The molecule has 2 amide bonds. The summed E-state index contributed by atoms with van der Waals surface area (Å²) in [4.78, 5) is 28.7. The van der Waals surface area contributed by atoms with Gasteiger partial charge in [0.1, 0.15) is 12.5 Å². The second-order valence-electron chi connectivity index (χ2n) is 7.26. The Balaban J connectivity index is 1.95. The van der Waals surface area contributed by atoms with Gasteiger partial charge < -0.3 is 20.1 Å². The summed E-state index contributed by atoms with van der Waals surface area (Å²) in [5.74, 6) is -0.635. The molecular formula is C18H27N3O4. The Kier molecular flexibility index (Phi) is 6.36. The van der Waals surface area contributed by atoms with E-state index in [0.29, 0.717) is 32.2 Å². The first-order valence-electron chi connectivity index (χ1n) is 8.45. The third-order valence-corrected chi connectivity index (χ3v) is 4.38. The van der Waals surface area contributed by atoms with Crippen LogP contribution in [0, 0.1) is 17.3 Å². The zero-order valence-electron chi connectivity index (χ0n) is 15.3. The van der Waals surface area contributed by atoms with E-state index in [-0.39, 0.29) is 23.1 Å². The standard InChI is InChI=1S/C18H27N3O4/c1-18(2,3)13-11-21-17(23)15(13)16(22)20-10-12-5-6-19-14(9-12)25-8-7-24-4/h5-6,9,13,15H,7-8,10-11H2,1-4H3,(H,20,22)(H,21,23)/t13-,15-/m0/s1. The third kappa shape index (κ3) is 5.16. The molecule has 1 aromatic rings. The van der Waals surface area contributed by atoms with Gasteiger partial charge in [0.2, 0.25) is 17.7 Å². The number of hydrogen-bond donors (Lipinski definition) is 2. The van der Waals surface area contributed by atoms with Crippen LogP contribution in [0.1, 0.15) is 26.3 Å². The number of amides is 2. The van der Waals surface area contributed by atoms with Crippen LogP contribution in [0.4, 0.5) is 0 Å². The average Bonchev–Trinajstić information content (AvgIpc) is 2.95. The molecule has 1 saturated heterocycles. The van der Waals surface area contributed by atoms with E-state index in [1.165, 1.54) is 0 Å². The normalized spacial score (nSPS) is 20.2. The predicted octanol–water partition coefficient (Wildman–Crippen LogP) is 1.13. The second-order valence-corrected chi connectivity index (χ2v) is 7.26. The minimum atomic E-state index is -0.653. The maximum Gasteiger partial charge on any atom is 0.233 e. The van der Waals surface area contributed by atoms with Gasteiger partial charge in [-0.2, -0.15) is 0 Å². The lowest BCUT2D eigenvalue weighted by Gasteiger charge is -2.29. The number of carbonyl (C=O) groups excluding carboxylic acids is 2. The maximum absolute atomic E-state index is 12.5. The molecule has 138 valence electrons. The number of carbonyl (C=O) groups is 2. The molecule has 1 fully saturated rings. The van der Waals surface area contributed by atoms with Gasteiger partial charge in [-0.15, -0.1) is 0 Å². The molecule has 1 aliphatic rings. The molecule has 2 heterocycles. The summed E-state index contributed by atoms with van der Waals surface area (Å²) in [6.07, 6.45) is 1.63. The molecule has 0 aromatic carbocycles. The maximum atomic E-state index is 12.5. The van der Waals surface area contributed by atoms with Crippen molar-refractivity contribution in [3.8, 4) is 5.88 Å². The minimum Gasteiger partial charge on any atom is -0.475 e. The summed E-state index contributed by atoms with van der Waals surface area (Å²) in [7, 11) is 1.60. The van der Waals surface area contributed by atoms with Gasteiger partial charge in [-0.3, -0.25) is 9.59 Å². The van der Waals surface area contributed by atoms with Gasteiger partial charge in [0, 0.05) is 38.4 Å². The van der Waals surface area contributed by atoms with E-state index in [4.69, 9.17) is 9.47 Å². The van der Waals surface area contributed by atoms with E-state index in [9.17, 15) is 9.59 Å². The Morgan fingerprint density at radius 3 is 2.84 bits per heavy atom. The number of rotatable bonds is 7. The van der Waals surface area contributed by atoms with Crippen LogP contribution in [0.3, 0.4) is 0 Å². The number of nitrogens with one attached hydrogen (secondary N) is 2. The molecule has 7 nitrogen and oxygen atoms in total. The van der Waals surface area contributed by atoms with Gasteiger partial charge in [0.15, 0.2) is 0 Å². The smallest absolute Gasteiger partial charge is 0.233 e. The summed E-state index contributed by atoms with van der Waals surface area (Å²) >= 11 is 0. The minimum absolute atomic E-state index is 0.0228. The first-order valence-corrected chi connectivity index (χ1v) is 8.45. The molecule has 0 saturated carbocycles. The van der Waals surface area contributed by atoms with Crippen molar-refractivity contribution < 1.29 is 19.1 Å². The molecule has 7 heteroatoms. The summed E-state index contributed by atoms with van der Waals surface area (Å²) in [6, 6.07) is 3.57. The SMILES string of the molecule is COCCOc1cc(CNC(=O)[C@H]2C(=O)NC[C@@H]2C(C)(C)C)ccn1. The highest BCUT2D eigenvalue weighted by atomic mass is 16.5. The lowest BCUT2D eigenvalue weighted by molar-refractivity contribution is -0.135. The molecule has 2 rings (SSSR count). The lowest BCUT2D eigenvalue weighted by atomic mass is 9.74. The van der Waals surface area contributed by atoms with Gasteiger partial charge in [-0.25, -0.2) is 4.98 Å². The first kappa shape index (κ1) is 19.2. The van der Waals surface area contributed by atoms with Gasteiger partial charge >= 0.3 is 0 Å². The number of nitrogens with zero attached hydrogens (tertiary/aromatic N) is 1. The molecule has 25 heavy (non-hydrogen) atoms. The van der Waals surface area contributed by atoms with Gasteiger partial charge in [0.25, 0.3) is 0 Å². The molecule has 1 aromatic heterocycles. The van der Waals surface area contributed by atoms with E-state index in [1.807, 2.05) is 20.8 Å². The van der Waals surface area contributed by atoms with Crippen molar-refractivity contribution in [3.05, 3.63) is 23.9 Å². The predicted molar refractivity (Wildman–Crippen MR) is 92.9 cm³/mol. The molecule has 0 bridgehead atoms. The molecule has 2 N–H and O–H groups in total. The highest BCUT2D eigenvalue weighted by Gasteiger charge is 2.45. The zero-order chi connectivity index (χ0) is 18.4. The average molecular weight is 349 g/mol. The van der Waals surface area contributed by atoms with Crippen molar-refractivity contribution in [2.75, 3.05) is 26.9 Å². The quantitative estimate of drug-likeness (QED) is 0.569. The van der Waals surface area contributed by atoms with E-state index in [0.717, 1.165) is 5.56 Å². The number of aromatic nitrogens is 1. The van der Waals surface area contributed by atoms with E-state index >= 15 is 0 Å². The molecular weight excluding hydrogens is 322 g/mol. The van der Waals surface area contributed by atoms with Crippen molar-refractivity contribution in [3.63, 3.8) is 0 Å². The fraction of sp³-hybridized carbons (Fsp3) is 0.611. The summed E-state index contributed by atoms with van der Waals surface area (Å²) in [5, 5.41) is 5.66. The highest BCUT2D eigenvalue weighted by Crippen LogP contribution is 2.35. The van der Waals surface area contributed by atoms with Gasteiger partial charge in [0.05, 0.1) is 6.61 Å². The summed E-state index contributed by atoms with van der Waals surface area (Å²) in [5.41, 5.74) is 0.738. The van der Waals surface area contributed by atoms with Crippen LogP contribution >= 0.6 is 0 Å². The number of ether oxygens (including phenoxy) is 2. The van der Waals surface area contributed by atoms with Crippen molar-refractivity contribution in [2.24, 2.45) is 17.3 Å². The fourth-order valence-corrected chi connectivity index (χ4v) is 2.90. The number of pyridine rings is 1. The topological polar surface area (TPSA) is 89.5 Å². The molecule has 0 radical (unpaired) electrons. The fourth-order valence-electron chi connectivity index (χ4n) is 2.90. The number of methoxy groups -OCH3 is 1. The van der Waals surface area contributed by atoms with Crippen LogP contribution in [0.2, 0.25) is 0 Å². The van der Waals surface area contributed by atoms with E-state index < -0.39 is 5.92 Å². The number of hydrogen-bond acceptors (Lipinski definition) is 5. The first-order chi connectivity index (χ1) is 11.8. The van der Waals surface area contributed by atoms with Crippen LogP contribution in [0.15, 0.2) is 18.3 Å². The Morgan fingerprint density at radius 1 is 1.40 bits per heavy atom. The van der Waals surface area contributed by atoms with Crippen molar-refractivity contribution in [1.82, 2.24) is 15.6 Å². The van der Waals surface area contributed by atoms with Crippen LogP contribution < -0.4 is 15.4 Å². The van der Waals surface area contributed by atoms with Crippen LogP contribution in [0.25, 0.3) is 0 Å². The van der Waals surface area contributed by atoms with Crippen molar-refractivity contribution >= 4 is 11.8 Å². The molecule has 2 atom stereocenters. The van der Waals surface area contributed by atoms with Crippen LogP contribution in [-0.2, 0) is 20.9 Å². The van der Waals surface area contributed by atoms with Crippen molar-refractivity contribution in [2.45, 2.75) is 27.3 Å². The van der Waals surface area contributed by atoms with Crippen molar-refractivity contribution in [1.29, 1.82) is 0 Å². The second kappa shape index (κ2) is 8.29. The Hall–Kier alpha value is -2.15. The molecule has 0 spiro atoms. The highest BCUT2D eigenvalue weighted by molar-refractivity contribution is 6.02. The summed E-state index contributed by atoms with van der Waals surface area (Å²) in [6.45, 7) is 7.89. The Bertz CT molecular complexity index is 613. The van der Waals surface area contributed by atoms with Crippen LogP contribution in [0.5, 0.6) is 5.88 Å².